The van der Waals surface area contributed by atoms with E-state index in [1.54, 1.807) is 0 Å². The van der Waals surface area contributed by atoms with Crippen molar-refractivity contribution in [2.24, 2.45) is 0 Å². The summed E-state index contributed by atoms with van der Waals surface area (Å²) in [6.45, 7) is 2.16. The number of amides is 2. The Labute approximate surface area is 169 Å². The molecule has 27 heavy (non-hydrogen) atoms. The van der Waals surface area contributed by atoms with Crippen LogP contribution < -0.4 is 10.6 Å². The maximum atomic E-state index is 12.5. The first-order valence-corrected chi connectivity index (χ1v) is 10.4. The van der Waals surface area contributed by atoms with Crippen molar-refractivity contribution in [3.63, 3.8) is 0 Å². The molecule has 140 valence electrons. The average Bonchev–Trinajstić information content (AvgIpc) is 3.03. The van der Waals surface area contributed by atoms with Crippen LogP contribution >= 0.6 is 27.7 Å². The fourth-order valence-electron chi connectivity index (χ4n) is 2.64. The molecule has 0 spiro atoms. The monoisotopic (exact) mass is 446 g/mol. The summed E-state index contributed by atoms with van der Waals surface area (Å²) in [5, 5.41) is 6.39. The number of imidazole rings is 1. The summed E-state index contributed by atoms with van der Waals surface area (Å²) in [5.41, 5.74) is 2.84. The quantitative estimate of drug-likeness (QED) is 0.563. The second-order valence-corrected chi connectivity index (χ2v) is 7.61. The van der Waals surface area contributed by atoms with Crippen LogP contribution in [0, 0.1) is 6.92 Å². The molecule has 2 N–H and O–H groups in total. The van der Waals surface area contributed by atoms with Gasteiger partial charge >= 0.3 is 0 Å². The summed E-state index contributed by atoms with van der Waals surface area (Å²) in [7, 11) is 0. The summed E-state index contributed by atoms with van der Waals surface area (Å²) in [6, 6.07) is 11.3. The molecule has 0 aliphatic carbocycles. The minimum Gasteiger partial charge on any atom is -0.350 e. The van der Waals surface area contributed by atoms with E-state index in [9.17, 15) is 9.59 Å². The molecule has 6 nitrogen and oxygen atoms in total. The molecule has 3 aromatic rings. The maximum absolute atomic E-state index is 12.5. The highest BCUT2D eigenvalue weighted by Gasteiger charge is 2.17. The van der Waals surface area contributed by atoms with Gasteiger partial charge in [-0.3, -0.25) is 14.0 Å². The van der Waals surface area contributed by atoms with Gasteiger partial charge in [0, 0.05) is 29.3 Å². The van der Waals surface area contributed by atoms with Crippen LogP contribution in [0.3, 0.4) is 0 Å². The van der Waals surface area contributed by atoms with Crippen LogP contribution in [0.15, 0.2) is 52.2 Å². The smallest absolute Gasteiger partial charge is 0.272 e. The normalized spacial score (nSPS) is 10.8. The molecular formula is C19H19BrN4O2S. The number of nitrogens with one attached hydrogen (secondary N) is 2. The summed E-state index contributed by atoms with van der Waals surface area (Å²) in [4.78, 5) is 29.1. The van der Waals surface area contributed by atoms with E-state index in [0.29, 0.717) is 5.69 Å². The molecule has 0 fully saturated rings. The standard InChI is InChI=1S/C19H19BrN4O2S/c1-12-6-7-13(20)11-14(12)22-16(25)8-9-21-18(26)17-15-5-3-4-10-24(15)19(23-17)27-2/h3-7,10-11H,8-9H2,1-2H3,(H,21,26)(H,22,25). The molecule has 2 aromatic heterocycles. The first-order chi connectivity index (χ1) is 13.0. The number of carbonyl (C=O) groups excluding carboxylic acids is 2. The van der Waals surface area contributed by atoms with Gasteiger partial charge in [-0.15, -0.1) is 0 Å². The average molecular weight is 447 g/mol. The van der Waals surface area contributed by atoms with Gasteiger partial charge in [0.05, 0.1) is 5.52 Å². The lowest BCUT2D eigenvalue weighted by Gasteiger charge is -2.09. The number of halogens is 1. The van der Waals surface area contributed by atoms with Gasteiger partial charge in [0.1, 0.15) is 0 Å². The molecule has 0 saturated carbocycles. The second kappa shape index (κ2) is 8.58. The first kappa shape index (κ1) is 19.4. The molecule has 1 aromatic carbocycles. The van der Waals surface area contributed by atoms with Crippen LogP contribution in [0.25, 0.3) is 5.52 Å². The fraction of sp³-hybridized carbons (Fsp3) is 0.211. The number of thioether (sulfide) groups is 1. The van der Waals surface area contributed by atoms with E-state index in [4.69, 9.17) is 0 Å². The van der Waals surface area contributed by atoms with Crippen molar-refractivity contribution in [2.45, 2.75) is 18.5 Å². The molecule has 0 aliphatic heterocycles. The Hall–Kier alpha value is -2.32. The number of hydrogen-bond acceptors (Lipinski definition) is 4. The zero-order chi connectivity index (χ0) is 19.4. The molecular weight excluding hydrogens is 428 g/mol. The lowest BCUT2D eigenvalue weighted by molar-refractivity contribution is -0.116. The van der Waals surface area contributed by atoms with Crippen molar-refractivity contribution in [3.05, 3.63) is 58.3 Å². The van der Waals surface area contributed by atoms with Gasteiger partial charge in [0.15, 0.2) is 10.9 Å². The number of aryl methyl sites for hydroxylation is 1. The number of hydrogen-bond donors (Lipinski definition) is 2. The molecule has 0 bridgehead atoms. The number of pyridine rings is 1. The van der Waals surface area contributed by atoms with Crippen molar-refractivity contribution >= 4 is 50.7 Å². The highest BCUT2D eigenvalue weighted by molar-refractivity contribution is 9.10. The molecule has 8 heteroatoms. The number of benzene rings is 1. The maximum Gasteiger partial charge on any atom is 0.272 e. The Morgan fingerprint density at radius 1 is 1.26 bits per heavy atom. The van der Waals surface area contributed by atoms with E-state index in [1.165, 1.54) is 11.8 Å². The van der Waals surface area contributed by atoms with E-state index in [1.807, 2.05) is 60.2 Å². The Bertz CT molecular complexity index is 1000. The Kier molecular flexibility index (Phi) is 6.18. The Balaban J connectivity index is 1.60. The number of anilines is 1. The van der Waals surface area contributed by atoms with Gasteiger partial charge in [0.2, 0.25) is 5.91 Å². The minimum absolute atomic E-state index is 0.156. The van der Waals surface area contributed by atoms with Crippen molar-refractivity contribution in [1.29, 1.82) is 0 Å². The predicted molar refractivity (Wildman–Crippen MR) is 111 cm³/mol. The third kappa shape index (κ3) is 4.51. The van der Waals surface area contributed by atoms with Crippen LogP contribution in [0.5, 0.6) is 0 Å². The van der Waals surface area contributed by atoms with Gasteiger partial charge in [-0.05, 0) is 43.0 Å². The van der Waals surface area contributed by atoms with Crippen molar-refractivity contribution < 1.29 is 9.59 Å². The van der Waals surface area contributed by atoms with Crippen molar-refractivity contribution in [1.82, 2.24) is 14.7 Å². The van der Waals surface area contributed by atoms with Crippen LogP contribution in [-0.2, 0) is 4.79 Å². The number of rotatable bonds is 6. The van der Waals surface area contributed by atoms with Gasteiger partial charge in [0.25, 0.3) is 5.91 Å². The van der Waals surface area contributed by atoms with Crippen molar-refractivity contribution in [3.8, 4) is 0 Å². The van der Waals surface area contributed by atoms with E-state index in [0.717, 1.165) is 26.4 Å². The Morgan fingerprint density at radius 3 is 2.85 bits per heavy atom. The minimum atomic E-state index is -0.287. The van der Waals surface area contributed by atoms with Crippen LogP contribution in [0.1, 0.15) is 22.5 Å². The lowest BCUT2D eigenvalue weighted by atomic mass is 10.2. The van der Waals surface area contributed by atoms with Crippen LogP contribution in [0.2, 0.25) is 0 Å². The van der Waals surface area contributed by atoms with Gasteiger partial charge in [-0.25, -0.2) is 4.98 Å². The molecule has 0 unspecified atom stereocenters. The summed E-state index contributed by atoms with van der Waals surface area (Å²) >= 11 is 4.87. The van der Waals surface area contributed by atoms with E-state index >= 15 is 0 Å². The zero-order valence-electron chi connectivity index (χ0n) is 15.0. The molecule has 2 heterocycles. The van der Waals surface area contributed by atoms with Crippen LogP contribution in [-0.4, -0.2) is 34.0 Å². The number of carbonyl (C=O) groups is 2. The van der Waals surface area contributed by atoms with Gasteiger partial charge in [-0.2, -0.15) is 0 Å². The number of fused-ring (bicyclic) bond motifs is 1. The summed E-state index contributed by atoms with van der Waals surface area (Å²) in [6.07, 6.45) is 3.97. The number of aromatic nitrogens is 2. The summed E-state index contributed by atoms with van der Waals surface area (Å²) in [5.74, 6) is -0.443. The lowest BCUT2D eigenvalue weighted by Crippen LogP contribution is -2.28. The van der Waals surface area contributed by atoms with E-state index < -0.39 is 0 Å². The highest BCUT2D eigenvalue weighted by atomic mass is 79.9. The van der Waals surface area contributed by atoms with Gasteiger partial charge < -0.3 is 10.6 Å². The van der Waals surface area contributed by atoms with E-state index in [2.05, 4.69) is 31.5 Å². The van der Waals surface area contributed by atoms with Crippen LogP contribution in [0.4, 0.5) is 5.69 Å². The molecule has 0 radical (unpaired) electrons. The molecule has 0 atom stereocenters. The first-order valence-electron chi connectivity index (χ1n) is 8.35. The van der Waals surface area contributed by atoms with E-state index in [-0.39, 0.29) is 24.8 Å². The molecule has 2 amide bonds. The molecule has 0 aliphatic rings. The molecule has 0 saturated heterocycles. The predicted octanol–water partition coefficient (Wildman–Crippen LogP) is 3.89. The van der Waals surface area contributed by atoms with Gasteiger partial charge in [-0.1, -0.05) is 39.8 Å². The second-order valence-electron chi connectivity index (χ2n) is 5.92. The highest BCUT2D eigenvalue weighted by Crippen LogP contribution is 2.21. The summed E-state index contributed by atoms with van der Waals surface area (Å²) < 4.78 is 2.77. The fourth-order valence-corrected chi connectivity index (χ4v) is 3.54. The zero-order valence-corrected chi connectivity index (χ0v) is 17.4. The number of nitrogens with zero attached hydrogens (tertiary/aromatic N) is 2. The third-order valence-electron chi connectivity index (χ3n) is 4.03. The van der Waals surface area contributed by atoms with Crippen molar-refractivity contribution in [2.75, 3.05) is 18.1 Å². The molecule has 3 rings (SSSR count). The third-order valence-corrected chi connectivity index (χ3v) is 5.17. The topological polar surface area (TPSA) is 75.5 Å². The Morgan fingerprint density at radius 2 is 2.07 bits per heavy atom. The SMILES string of the molecule is CSc1nc(C(=O)NCCC(=O)Nc2cc(Br)ccc2C)c2ccccn12. The largest absolute Gasteiger partial charge is 0.350 e.